The van der Waals surface area contributed by atoms with Crippen LogP contribution in [-0.4, -0.2) is 29.6 Å². The van der Waals surface area contributed by atoms with Crippen molar-refractivity contribution in [3.63, 3.8) is 0 Å². The average molecular weight is 508 g/mol. The van der Waals surface area contributed by atoms with E-state index in [1.165, 1.54) is 0 Å². The average Bonchev–Trinajstić information content (AvgIpc) is 2.73. The summed E-state index contributed by atoms with van der Waals surface area (Å²) in [6.45, 7) is 8.05. The van der Waals surface area contributed by atoms with Crippen LogP contribution in [0.4, 0.5) is 0 Å². The number of hydrazine groups is 1. The normalized spacial score (nSPS) is 11.3. The Balaban J connectivity index is 1.89. The van der Waals surface area contributed by atoms with Crippen molar-refractivity contribution in [3.05, 3.63) is 57.6 Å². The number of hydrogen-bond donors (Lipinski definition) is 3. The third-order valence-corrected chi connectivity index (χ3v) is 5.03. The Bertz CT molecular complexity index is 968. The monoisotopic (exact) mass is 507 g/mol. The summed E-state index contributed by atoms with van der Waals surface area (Å²) in [6, 6.07) is 10.7. The van der Waals surface area contributed by atoms with Crippen molar-refractivity contribution in [2.45, 2.75) is 40.2 Å². The van der Waals surface area contributed by atoms with Crippen LogP contribution in [0.5, 0.6) is 11.5 Å². The van der Waals surface area contributed by atoms with E-state index < -0.39 is 17.9 Å². The highest BCUT2D eigenvalue weighted by molar-refractivity contribution is 9.10. The molecule has 1 unspecified atom stereocenters. The van der Waals surface area contributed by atoms with E-state index in [-0.39, 0.29) is 5.11 Å². The van der Waals surface area contributed by atoms with Gasteiger partial charge in [0.2, 0.25) is 0 Å². The molecule has 1 atom stereocenters. The zero-order chi connectivity index (χ0) is 23.0. The lowest BCUT2D eigenvalue weighted by molar-refractivity contribution is -0.127. The maximum Gasteiger partial charge on any atom is 0.279 e. The second-order valence-corrected chi connectivity index (χ2v) is 8.22. The molecule has 2 rings (SSSR count). The van der Waals surface area contributed by atoms with Gasteiger partial charge in [0, 0.05) is 4.47 Å². The van der Waals surface area contributed by atoms with E-state index in [0.717, 1.165) is 22.0 Å². The first-order chi connectivity index (χ1) is 14.7. The number of carbonyl (C=O) groups is 2. The molecule has 0 aliphatic rings. The van der Waals surface area contributed by atoms with Gasteiger partial charge in [0.1, 0.15) is 11.5 Å². The standard InChI is InChI=1S/C22H26BrN3O4S/c1-5-10-29-19-9-7-16(23)12-18(19)21(28)24-22(31)26-25-20(27)15(4)30-17-8-6-13(2)14(3)11-17/h6-9,11-12,15H,5,10H2,1-4H3,(H,25,27)(H2,24,26,28,31). The number of thiocarbonyl (C=S) groups is 1. The van der Waals surface area contributed by atoms with Gasteiger partial charge >= 0.3 is 0 Å². The van der Waals surface area contributed by atoms with Crippen molar-refractivity contribution in [2.24, 2.45) is 0 Å². The second-order valence-electron chi connectivity index (χ2n) is 6.89. The van der Waals surface area contributed by atoms with Crippen LogP contribution in [0.2, 0.25) is 0 Å². The van der Waals surface area contributed by atoms with E-state index in [1.807, 2.05) is 32.9 Å². The predicted octanol–water partition coefficient (Wildman–Crippen LogP) is 3.96. The number of aryl methyl sites for hydroxylation is 2. The van der Waals surface area contributed by atoms with Gasteiger partial charge in [-0.3, -0.25) is 25.8 Å². The number of carbonyl (C=O) groups excluding carboxylic acids is 2. The third kappa shape index (κ3) is 7.52. The van der Waals surface area contributed by atoms with Gasteiger partial charge in [0.05, 0.1) is 12.2 Å². The molecule has 2 aromatic carbocycles. The van der Waals surface area contributed by atoms with Gasteiger partial charge in [-0.1, -0.05) is 28.9 Å². The summed E-state index contributed by atoms with van der Waals surface area (Å²) in [5.74, 6) is 0.142. The van der Waals surface area contributed by atoms with Gasteiger partial charge in [-0.15, -0.1) is 0 Å². The molecule has 0 spiro atoms. The number of amides is 2. The van der Waals surface area contributed by atoms with Crippen LogP contribution in [0.3, 0.4) is 0 Å². The molecule has 2 amide bonds. The largest absolute Gasteiger partial charge is 0.493 e. The molecule has 3 N–H and O–H groups in total. The molecule has 0 aliphatic heterocycles. The first kappa shape index (κ1) is 24.6. The highest BCUT2D eigenvalue weighted by Crippen LogP contribution is 2.23. The van der Waals surface area contributed by atoms with Crippen LogP contribution in [0.1, 0.15) is 41.8 Å². The van der Waals surface area contributed by atoms with Gasteiger partial charge in [0.25, 0.3) is 11.8 Å². The minimum absolute atomic E-state index is 0.0573. The van der Waals surface area contributed by atoms with Crippen LogP contribution >= 0.6 is 28.1 Å². The number of ether oxygens (including phenoxy) is 2. The minimum atomic E-state index is -0.771. The quantitative estimate of drug-likeness (QED) is 0.388. The molecule has 7 nitrogen and oxygen atoms in total. The number of nitrogens with one attached hydrogen (secondary N) is 3. The molecular formula is C22H26BrN3O4S. The lowest BCUT2D eigenvalue weighted by Gasteiger charge is -2.17. The highest BCUT2D eigenvalue weighted by atomic mass is 79.9. The van der Waals surface area contributed by atoms with E-state index in [9.17, 15) is 9.59 Å². The Labute approximate surface area is 196 Å². The lowest BCUT2D eigenvalue weighted by Crippen LogP contribution is -2.51. The first-order valence-corrected chi connectivity index (χ1v) is 11.0. The summed E-state index contributed by atoms with van der Waals surface area (Å²) in [5.41, 5.74) is 7.48. The Morgan fingerprint density at radius 1 is 1.10 bits per heavy atom. The highest BCUT2D eigenvalue weighted by Gasteiger charge is 2.17. The summed E-state index contributed by atoms with van der Waals surface area (Å²) in [5, 5.41) is 2.47. The fourth-order valence-electron chi connectivity index (χ4n) is 2.48. The maximum absolute atomic E-state index is 12.6. The molecule has 0 fully saturated rings. The number of hydrogen-bond acceptors (Lipinski definition) is 5. The van der Waals surface area contributed by atoms with Crippen molar-refractivity contribution < 1.29 is 19.1 Å². The smallest absolute Gasteiger partial charge is 0.279 e. The number of benzene rings is 2. The van der Waals surface area contributed by atoms with Gasteiger partial charge in [-0.2, -0.15) is 0 Å². The Morgan fingerprint density at radius 2 is 1.84 bits per heavy atom. The van der Waals surface area contributed by atoms with Gasteiger partial charge in [-0.25, -0.2) is 0 Å². The molecule has 0 aliphatic carbocycles. The van der Waals surface area contributed by atoms with E-state index in [1.54, 1.807) is 31.2 Å². The SMILES string of the molecule is CCCOc1ccc(Br)cc1C(=O)NC(=S)NNC(=O)C(C)Oc1ccc(C)c(C)c1. The van der Waals surface area contributed by atoms with Gasteiger partial charge in [0.15, 0.2) is 11.2 Å². The van der Waals surface area contributed by atoms with E-state index in [2.05, 4.69) is 32.1 Å². The van der Waals surface area contributed by atoms with Crippen molar-refractivity contribution in [2.75, 3.05) is 6.61 Å². The Hall–Kier alpha value is -2.65. The molecule has 31 heavy (non-hydrogen) atoms. The Kier molecular flexibility index (Phi) is 9.26. The van der Waals surface area contributed by atoms with E-state index in [0.29, 0.717) is 23.7 Å². The predicted molar refractivity (Wildman–Crippen MR) is 127 cm³/mol. The summed E-state index contributed by atoms with van der Waals surface area (Å²) >= 11 is 8.45. The summed E-state index contributed by atoms with van der Waals surface area (Å²) in [6.07, 6.45) is 0.0400. The molecule has 0 heterocycles. The topological polar surface area (TPSA) is 88.7 Å². The first-order valence-electron chi connectivity index (χ1n) is 9.78. The number of rotatable bonds is 7. The van der Waals surface area contributed by atoms with Gasteiger partial charge in [-0.05, 0) is 80.9 Å². The van der Waals surface area contributed by atoms with Crippen LogP contribution in [-0.2, 0) is 4.79 Å². The summed E-state index contributed by atoms with van der Waals surface area (Å²) in [7, 11) is 0. The zero-order valence-corrected chi connectivity index (χ0v) is 20.3. The molecule has 0 bridgehead atoms. The minimum Gasteiger partial charge on any atom is -0.493 e. The molecule has 0 saturated heterocycles. The molecule has 166 valence electrons. The Morgan fingerprint density at radius 3 is 2.52 bits per heavy atom. The van der Waals surface area contributed by atoms with Crippen molar-refractivity contribution in [1.82, 2.24) is 16.2 Å². The van der Waals surface area contributed by atoms with Crippen molar-refractivity contribution in [1.29, 1.82) is 0 Å². The molecular weight excluding hydrogens is 482 g/mol. The zero-order valence-electron chi connectivity index (χ0n) is 17.9. The van der Waals surface area contributed by atoms with Crippen LogP contribution in [0.15, 0.2) is 40.9 Å². The molecule has 0 radical (unpaired) electrons. The van der Waals surface area contributed by atoms with Crippen molar-refractivity contribution >= 4 is 45.1 Å². The number of halogens is 1. The second kappa shape index (κ2) is 11.7. The molecule has 2 aromatic rings. The molecule has 0 saturated carbocycles. The lowest BCUT2D eigenvalue weighted by atomic mass is 10.1. The van der Waals surface area contributed by atoms with Crippen molar-refractivity contribution in [3.8, 4) is 11.5 Å². The summed E-state index contributed by atoms with van der Waals surface area (Å²) < 4.78 is 12.0. The van der Waals surface area contributed by atoms with Gasteiger partial charge < -0.3 is 9.47 Å². The van der Waals surface area contributed by atoms with Crippen LogP contribution in [0, 0.1) is 13.8 Å². The van der Waals surface area contributed by atoms with Crippen LogP contribution < -0.4 is 25.6 Å². The van der Waals surface area contributed by atoms with Crippen LogP contribution in [0.25, 0.3) is 0 Å². The van der Waals surface area contributed by atoms with E-state index in [4.69, 9.17) is 21.7 Å². The summed E-state index contributed by atoms with van der Waals surface area (Å²) in [4.78, 5) is 24.9. The molecule has 9 heteroatoms. The fourth-order valence-corrected chi connectivity index (χ4v) is 2.99. The molecule has 0 aromatic heterocycles. The maximum atomic E-state index is 12.6. The van der Waals surface area contributed by atoms with E-state index >= 15 is 0 Å². The third-order valence-electron chi connectivity index (χ3n) is 4.33. The fraction of sp³-hybridized carbons (Fsp3) is 0.318.